The van der Waals surface area contributed by atoms with Crippen molar-refractivity contribution < 1.29 is 17.9 Å². The summed E-state index contributed by atoms with van der Waals surface area (Å²) in [5.74, 6) is 1.54. The third kappa shape index (κ3) is 7.27. The van der Waals surface area contributed by atoms with Crippen LogP contribution >= 0.6 is 0 Å². The standard InChI is InChI=1S/C27H39N3O4S/c1-21-19-26(34-4)20-22(2)27(21)35(32,33)29(3)16-6-5-7-25(31)9-8-23-12-17-30(18-13-23)24-10-14-28-15-11-24/h10-11,14-15,19-20,23H,5-9,12-13,16-18H2,1-4H3. The number of aromatic nitrogens is 1. The number of rotatable bonds is 12. The van der Waals surface area contributed by atoms with Crippen molar-refractivity contribution in [3.63, 3.8) is 0 Å². The number of ether oxygens (including phenoxy) is 1. The lowest BCUT2D eigenvalue weighted by Crippen LogP contribution is -2.33. The van der Waals surface area contributed by atoms with Crippen molar-refractivity contribution in [2.24, 2.45) is 5.92 Å². The summed E-state index contributed by atoms with van der Waals surface area (Å²) in [7, 11) is -0.408. The minimum Gasteiger partial charge on any atom is -0.497 e. The highest BCUT2D eigenvalue weighted by atomic mass is 32.2. The molecule has 0 N–H and O–H groups in total. The average Bonchev–Trinajstić information content (AvgIpc) is 2.85. The maximum Gasteiger partial charge on any atom is 0.243 e. The summed E-state index contributed by atoms with van der Waals surface area (Å²) < 4.78 is 32.9. The van der Waals surface area contributed by atoms with Crippen LogP contribution in [-0.4, -0.2) is 57.3 Å². The van der Waals surface area contributed by atoms with Gasteiger partial charge in [0.25, 0.3) is 0 Å². The minimum atomic E-state index is -3.59. The van der Waals surface area contributed by atoms with E-state index in [-0.39, 0.29) is 5.78 Å². The summed E-state index contributed by atoms with van der Waals surface area (Å²) in [5.41, 5.74) is 2.57. The number of benzene rings is 1. The highest BCUT2D eigenvalue weighted by molar-refractivity contribution is 7.89. The maximum atomic E-state index is 13.1. The molecule has 0 atom stereocenters. The van der Waals surface area contributed by atoms with Crippen molar-refractivity contribution in [3.8, 4) is 5.75 Å². The lowest BCUT2D eigenvalue weighted by molar-refractivity contribution is -0.119. The molecule has 0 aliphatic carbocycles. The molecule has 1 aliphatic heterocycles. The molecule has 2 aromatic rings. The zero-order valence-electron chi connectivity index (χ0n) is 21.5. The van der Waals surface area contributed by atoms with Crippen molar-refractivity contribution in [1.29, 1.82) is 0 Å². The first-order valence-electron chi connectivity index (χ1n) is 12.5. The van der Waals surface area contributed by atoms with E-state index in [1.807, 2.05) is 24.5 Å². The molecule has 0 spiro atoms. The smallest absolute Gasteiger partial charge is 0.243 e. The molecular formula is C27H39N3O4S. The molecule has 0 bridgehead atoms. The molecular weight excluding hydrogens is 462 g/mol. The first kappa shape index (κ1) is 27.1. The van der Waals surface area contributed by atoms with Crippen LogP contribution in [0.4, 0.5) is 5.69 Å². The van der Waals surface area contributed by atoms with Gasteiger partial charge in [-0.25, -0.2) is 12.7 Å². The molecule has 0 unspecified atom stereocenters. The van der Waals surface area contributed by atoms with Crippen LogP contribution in [-0.2, 0) is 14.8 Å². The van der Waals surface area contributed by atoms with E-state index in [9.17, 15) is 13.2 Å². The molecule has 0 saturated carbocycles. The number of unbranched alkanes of at least 4 members (excludes halogenated alkanes) is 1. The SMILES string of the molecule is COc1cc(C)c(S(=O)(=O)N(C)CCCCC(=O)CCC2CCN(c3ccncc3)CC2)c(C)c1. The number of sulfonamides is 1. The van der Waals surface area contributed by atoms with Crippen LogP contribution < -0.4 is 9.64 Å². The van der Waals surface area contributed by atoms with Crippen LogP contribution in [0.2, 0.25) is 0 Å². The van der Waals surface area contributed by atoms with Crippen molar-refractivity contribution in [2.45, 2.75) is 63.7 Å². The molecule has 1 saturated heterocycles. The van der Waals surface area contributed by atoms with Gasteiger partial charge in [0.2, 0.25) is 10.0 Å². The number of ketones is 1. The average molecular weight is 502 g/mol. The molecule has 1 aliphatic rings. The maximum absolute atomic E-state index is 13.1. The van der Waals surface area contributed by atoms with E-state index in [1.54, 1.807) is 40.1 Å². The van der Waals surface area contributed by atoms with Crippen LogP contribution in [0.25, 0.3) is 0 Å². The Morgan fingerprint density at radius 1 is 1.09 bits per heavy atom. The fraction of sp³-hybridized carbons (Fsp3) is 0.556. The van der Waals surface area contributed by atoms with Gasteiger partial charge in [0.05, 0.1) is 12.0 Å². The van der Waals surface area contributed by atoms with Crippen molar-refractivity contribution in [1.82, 2.24) is 9.29 Å². The van der Waals surface area contributed by atoms with Crippen molar-refractivity contribution >= 4 is 21.5 Å². The number of hydrogen-bond acceptors (Lipinski definition) is 6. The summed E-state index contributed by atoms with van der Waals surface area (Å²) in [4.78, 5) is 19.2. The van der Waals surface area contributed by atoms with Gasteiger partial charge >= 0.3 is 0 Å². The van der Waals surface area contributed by atoms with Crippen LogP contribution in [0, 0.1) is 19.8 Å². The predicted octanol–water partition coefficient (Wildman–Crippen LogP) is 4.76. The molecule has 7 nitrogen and oxygen atoms in total. The number of hydrogen-bond donors (Lipinski definition) is 0. The zero-order chi connectivity index (χ0) is 25.4. The molecule has 3 rings (SSSR count). The van der Waals surface area contributed by atoms with Crippen molar-refractivity contribution in [2.75, 3.05) is 38.7 Å². The molecule has 0 amide bonds. The van der Waals surface area contributed by atoms with Gasteiger partial charge in [-0.1, -0.05) is 0 Å². The second kappa shape index (κ2) is 12.5. The highest BCUT2D eigenvalue weighted by Crippen LogP contribution is 2.28. The van der Waals surface area contributed by atoms with E-state index in [1.165, 1.54) is 9.99 Å². The second-order valence-corrected chi connectivity index (χ2v) is 11.6. The summed E-state index contributed by atoms with van der Waals surface area (Å²) in [6.45, 7) is 6.03. The largest absolute Gasteiger partial charge is 0.497 e. The summed E-state index contributed by atoms with van der Waals surface area (Å²) in [6, 6.07) is 7.59. The predicted molar refractivity (Wildman–Crippen MR) is 140 cm³/mol. The first-order chi connectivity index (χ1) is 16.7. The first-order valence-corrected chi connectivity index (χ1v) is 13.9. The zero-order valence-corrected chi connectivity index (χ0v) is 22.3. The van der Waals surface area contributed by atoms with Crippen LogP contribution in [0.3, 0.4) is 0 Å². The Balaban J connectivity index is 1.36. The van der Waals surface area contributed by atoms with E-state index in [0.29, 0.717) is 59.9 Å². The number of anilines is 1. The number of pyridine rings is 1. The summed E-state index contributed by atoms with van der Waals surface area (Å²) in [6.07, 6.45) is 9.35. The molecule has 1 fully saturated rings. The van der Waals surface area contributed by atoms with Gasteiger partial charge in [-0.15, -0.1) is 0 Å². The van der Waals surface area contributed by atoms with Crippen LogP contribution in [0.5, 0.6) is 5.75 Å². The Morgan fingerprint density at radius 2 is 1.71 bits per heavy atom. The lowest BCUT2D eigenvalue weighted by Gasteiger charge is -2.33. The number of aryl methyl sites for hydroxylation is 2. The Morgan fingerprint density at radius 3 is 2.31 bits per heavy atom. The number of methoxy groups -OCH3 is 1. The number of piperidine rings is 1. The van der Waals surface area contributed by atoms with E-state index < -0.39 is 10.0 Å². The minimum absolute atomic E-state index is 0.286. The van der Waals surface area contributed by atoms with Gasteiger partial charge in [-0.05, 0) is 87.3 Å². The molecule has 0 radical (unpaired) electrons. The van der Waals surface area contributed by atoms with E-state index in [2.05, 4.69) is 9.88 Å². The number of carbonyl (C=O) groups excluding carboxylic acids is 1. The Bertz CT molecular complexity index is 1060. The summed E-state index contributed by atoms with van der Waals surface area (Å²) >= 11 is 0. The Hall–Kier alpha value is -2.45. The fourth-order valence-electron chi connectivity index (χ4n) is 4.89. The third-order valence-corrected chi connectivity index (χ3v) is 9.15. The topological polar surface area (TPSA) is 79.8 Å². The summed E-state index contributed by atoms with van der Waals surface area (Å²) in [5, 5.41) is 0. The monoisotopic (exact) mass is 501 g/mol. The second-order valence-electron chi connectivity index (χ2n) is 9.59. The highest BCUT2D eigenvalue weighted by Gasteiger charge is 2.25. The van der Waals surface area contributed by atoms with Gasteiger partial charge < -0.3 is 9.64 Å². The van der Waals surface area contributed by atoms with E-state index in [0.717, 1.165) is 32.4 Å². The van der Waals surface area contributed by atoms with E-state index >= 15 is 0 Å². The van der Waals surface area contributed by atoms with Crippen LogP contribution in [0.15, 0.2) is 41.6 Å². The molecule has 8 heteroatoms. The fourth-order valence-corrected chi connectivity index (χ4v) is 6.51. The molecule has 192 valence electrons. The van der Waals surface area contributed by atoms with Crippen molar-refractivity contribution in [3.05, 3.63) is 47.8 Å². The normalized spacial score (nSPS) is 14.9. The van der Waals surface area contributed by atoms with Crippen LogP contribution in [0.1, 0.15) is 56.1 Å². The molecule has 35 heavy (non-hydrogen) atoms. The van der Waals surface area contributed by atoms with Gasteiger partial charge in [0, 0.05) is 57.6 Å². The molecule has 1 aromatic carbocycles. The lowest BCUT2D eigenvalue weighted by atomic mass is 9.90. The molecule has 2 heterocycles. The third-order valence-electron chi connectivity index (χ3n) is 6.99. The number of carbonyl (C=O) groups is 1. The Labute approximate surface area is 210 Å². The quantitative estimate of drug-likeness (QED) is 0.390. The van der Waals surface area contributed by atoms with Gasteiger partial charge in [0.15, 0.2) is 0 Å². The molecule has 1 aromatic heterocycles. The van der Waals surface area contributed by atoms with Gasteiger partial charge in [-0.3, -0.25) is 9.78 Å². The van der Waals surface area contributed by atoms with Gasteiger partial charge in [0.1, 0.15) is 11.5 Å². The number of Topliss-reactive ketones (excluding diaryl/α,β-unsaturated/α-hetero) is 1. The number of nitrogens with zero attached hydrogens (tertiary/aromatic N) is 3. The Kier molecular flexibility index (Phi) is 9.69. The van der Waals surface area contributed by atoms with E-state index in [4.69, 9.17) is 4.74 Å². The van der Waals surface area contributed by atoms with Gasteiger partial charge in [-0.2, -0.15) is 0 Å².